The number of phenols is 1. The minimum Gasteiger partial charge on any atom is -0.508 e. The number of fused-ring (bicyclic) bond motifs is 1. The number of imidazole rings is 1. The van der Waals surface area contributed by atoms with E-state index in [1.165, 1.54) is 4.57 Å². The van der Waals surface area contributed by atoms with Gasteiger partial charge in [0, 0.05) is 25.2 Å². The molecule has 5 heteroatoms. The van der Waals surface area contributed by atoms with Gasteiger partial charge >= 0.3 is 5.69 Å². The summed E-state index contributed by atoms with van der Waals surface area (Å²) in [5.74, 6) is 0.150. The summed E-state index contributed by atoms with van der Waals surface area (Å²) in [6.45, 7) is 4.19. The first-order chi connectivity index (χ1) is 7.79. The standard InChI is InChI=1S/C12H17N3O2/c1-12(2,13)7-15-9-5-4-8(16)6-10(9)14(3)11(15)17/h4-6,16H,7,13H2,1-3H3. The Hall–Kier alpha value is -1.75. The average Bonchev–Trinajstić information content (AvgIpc) is 2.42. The Kier molecular flexibility index (Phi) is 2.50. The summed E-state index contributed by atoms with van der Waals surface area (Å²) in [7, 11) is 1.68. The number of benzene rings is 1. The van der Waals surface area contributed by atoms with Crippen LogP contribution in [0.4, 0.5) is 0 Å². The van der Waals surface area contributed by atoms with Crippen LogP contribution in [-0.4, -0.2) is 19.8 Å². The molecule has 0 bridgehead atoms. The maximum atomic E-state index is 12.1. The van der Waals surface area contributed by atoms with Gasteiger partial charge in [0.25, 0.3) is 0 Å². The van der Waals surface area contributed by atoms with Crippen molar-refractivity contribution in [2.75, 3.05) is 0 Å². The molecular weight excluding hydrogens is 218 g/mol. The molecule has 0 amide bonds. The normalized spacial score (nSPS) is 12.2. The third-order valence-corrected chi connectivity index (χ3v) is 2.69. The van der Waals surface area contributed by atoms with Gasteiger partial charge in [-0.25, -0.2) is 4.79 Å². The van der Waals surface area contributed by atoms with E-state index in [0.717, 1.165) is 5.52 Å². The highest BCUT2D eigenvalue weighted by Crippen LogP contribution is 2.19. The molecule has 0 spiro atoms. The number of hydrogen-bond acceptors (Lipinski definition) is 3. The van der Waals surface area contributed by atoms with Crippen LogP contribution in [0.5, 0.6) is 5.75 Å². The van der Waals surface area contributed by atoms with Crippen LogP contribution in [-0.2, 0) is 13.6 Å². The van der Waals surface area contributed by atoms with Gasteiger partial charge < -0.3 is 10.8 Å². The van der Waals surface area contributed by atoms with Crippen molar-refractivity contribution in [1.29, 1.82) is 0 Å². The van der Waals surface area contributed by atoms with Gasteiger partial charge in [0.15, 0.2) is 0 Å². The van der Waals surface area contributed by atoms with Crippen molar-refractivity contribution in [1.82, 2.24) is 9.13 Å². The SMILES string of the molecule is Cn1c(=O)n(CC(C)(C)N)c2ccc(O)cc21. The number of aromatic hydroxyl groups is 1. The lowest BCUT2D eigenvalue weighted by Gasteiger charge is -2.18. The second kappa shape index (κ2) is 3.63. The van der Waals surface area contributed by atoms with Gasteiger partial charge in [0.1, 0.15) is 5.75 Å². The summed E-state index contributed by atoms with van der Waals surface area (Å²) < 4.78 is 3.15. The third-order valence-electron chi connectivity index (χ3n) is 2.69. The number of nitrogens with zero attached hydrogens (tertiary/aromatic N) is 2. The molecule has 0 atom stereocenters. The fourth-order valence-electron chi connectivity index (χ4n) is 1.96. The monoisotopic (exact) mass is 235 g/mol. The largest absolute Gasteiger partial charge is 0.508 e. The highest BCUT2D eigenvalue weighted by Gasteiger charge is 2.17. The van der Waals surface area contributed by atoms with E-state index in [0.29, 0.717) is 12.1 Å². The van der Waals surface area contributed by atoms with Crippen LogP contribution in [0.1, 0.15) is 13.8 Å². The van der Waals surface area contributed by atoms with Gasteiger partial charge in [-0.05, 0) is 26.0 Å². The summed E-state index contributed by atoms with van der Waals surface area (Å²) in [6.07, 6.45) is 0. The molecule has 0 aliphatic heterocycles. The number of aromatic nitrogens is 2. The van der Waals surface area contributed by atoms with E-state index in [9.17, 15) is 9.90 Å². The number of rotatable bonds is 2. The molecule has 1 heterocycles. The molecule has 0 aliphatic rings. The van der Waals surface area contributed by atoms with Crippen LogP contribution in [0.25, 0.3) is 11.0 Å². The number of aryl methyl sites for hydroxylation is 1. The molecular formula is C12H17N3O2. The van der Waals surface area contributed by atoms with Crippen molar-refractivity contribution >= 4 is 11.0 Å². The fourth-order valence-corrected chi connectivity index (χ4v) is 1.96. The highest BCUT2D eigenvalue weighted by atomic mass is 16.3. The van der Waals surface area contributed by atoms with Crippen molar-refractivity contribution in [2.45, 2.75) is 25.9 Å². The van der Waals surface area contributed by atoms with Crippen molar-refractivity contribution in [3.05, 3.63) is 28.7 Å². The first kappa shape index (κ1) is 11.7. The molecule has 0 unspecified atom stereocenters. The zero-order chi connectivity index (χ0) is 12.8. The highest BCUT2D eigenvalue weighted by molar-refractivity contribution is 5.77. The third kappa shape index (κ3) is 2.06. The predicted octanol–water partition coefficient (Wildman–Crippen LogP) is 0.783. The summed E-state index contributed by atoms with van der Waals surface area (Å²) in [4.78, 5) is 12.1. The lowest BCUT2D eigenvalue weighted by atomic mass is 10.1. The van der Waals surface area contributed by atoms with E-state index in [1.807, 2.05) is 13.8 Å². The smallest absolute Gasteiger partial charge is 0.328 e. The second-order valence-corrected chi connectivity index (χ2v) is 5.09. The van der Waals surface area contributed by atoms with E-state index in [1.54, 1.807) is 29.8 Å². The van der Waals surface area contributed by atoms with Crippen molar-refractivity contribution in [3.63, 3.8) is 0 Å². The number of phenolic OH excluding ortho intramolecular Hbond substituents is 1. The quantitative estimate of drug-likeness (QED) is 0.808. The molecule has 0 radical (unpaired) electrons. The van der Waals surface area contributed by atoms with Crippen molar-refractivity contribution in [3.8, 4) is 5.75 Å². The van der Waals surface area contributed by atoms with Gasteiger partial charge in [0.05, 0.1) is 11.0 Å². The Morgan fingerprint density at radius 2 is 2.00 bits per heavy atom. The second-order valence-electron chi connectivity index (χ2n) is 5.09. The van der Waals surface area contributed by atoms with Crippen LogP contribution in [0.15, 0.2) is 23.0 Å². The van der Waals surface area contributed by atoms with Gasteiger partial charge in [-0.1, -0.05) is 0 Å². The molecule has 1 aromatic heterocycles. The summed E-state index contributed by atoms with van der Waals surface area (Å²) in [5.41, 5.74) is 6.86. The summed E-state index contributed by atoms with van der Waals surface area (Å²) >= 11 is 0. The zero-order valence-corrected chi connectivity index (χ0v) is 10.3. The van der Waals surface area contributed by atoms with Crippen LogP contribution >= 0.6 is 0 Å². The van der Waals surface area contributed by atoms with Gasteiger partial charge in [0.2, 0.25) is 0 Å². The van der Waals surface area contributed by atoms with Crippen molar-refractivity contribution < 1.29 is 5.11 Å². The zero-order valence-electron chi connectivity index (χ0n) is 10.3. The molecule has 2 rings (SSSR count). The predicted molar refractivity (Wildman–Crippen MR) is 67.1 cm³/mol. The van der Waals surface area contributed by atoms with E-state index in [2.05, 4.69) is 0 Å². The molecule has 0 saturated heterocycles. The first-order valence-corrected chi connectivity index (χ1v) is 5.47. The van der Waals surface area contributed by atoms with E-state index < -0.39 is 5.54 Å². The molecule has 5 nitrogen and oxygen atoms in total. The Labute approximate surface area is 99.1 Å². The topological polar surface area (TPSA) is 73.2 Å². The lowest BCUT2D eigenvalue weighted by molar-refractivity contribution is 0.431. The molecule has 0 saturated carbocycles. The van der Waals surface area contributed by atoms with Crippen LogP contribution in [0.2, 0.25) is 0 Å². The molecule has 3 N–H and O–H groups in total. The molecule has 1 aromatic carbocycles. The van der Waals surface area contributed by atoms with Gasteiger partial charge in [-0.15, -0.1) is 0 Å². The van der Waals surface area contributed by atoms with Crippen LogP contribution in [0, 0.1) is 0 Å². The molecule has 92 valence electrons. The fraction of sp³-hybridized carbons (Fsp3) is 0.417. The average molecular weight is 235 g/mol. The van der Waals surface area contributed by atoms with E-state index >= 15 is 0 Å². The number of hydrogen-bond donors (Lipinski definition) is 2. The minimum absolute atomic E-state index is 0.121. The van der Waals surface area contributed by atoms with Crippen molar-refractivity contribution in [2.24, 2.45) is 12.8 Å². The minimum atomic E-state index is -0.462. The Balaban J connectivity index is 2.72. The molecule has 17 heavy (non-hydrogen) atoms. The van der Waals surface area contributed by atoms with E-state index in [4.69, 9.17) is 5.73 Å². The molecule has 2 aromatic rings. The van der Waals surface area contributed by atoms with Gasteiger partial charge in [-0.2, -0.15) is 0 Å². The number of nitrogens with two attached hydrogens (primary N) is 1. The Morgan fingerprint density at radius 3 is 2.59 bits per heavy atom. The lowest BCUT2D eigenvalue weighted by Crippen LogP contribution is -2.40. The maximum Gasteiger partial charge on any atom is 0.328 e. The van der Waals surface area contributed by atoms with E-state index in [-0.39, 0.29) is 11.4 Å². The first-order valence-electron chi connectivity index (χ1n) is 5.47. The van der Waals surface area contributed by atoms with Crippen LogP contribution < -0.4 is 11.4 Å². The summed E-state index contributed by atoms with van der Waals surface area (Å²) in [5, 5.41) is 9.44. The maximum absolute atomic E-state index is 12.1. The molecule has 0 aliphatic carbocycles. The Bertz CT molecular complexity index is 617. The van der Waals surface area contributed by atoms with Gasteiger partial charge in [-0.3, -0.25) is 9.13 Å². The summed E-state index contributed by atoms with van der Waals surface area (Å²) in [6, 6.07) is 4.89. The Morgan fingerprint density at radius 1 is 1.35 bits per heavy atom. The van der Waals surface area contributed by atoms with Crippen LogP contribution in [0.3, 0.4) is 0 Å². The molecule has 0 fully saturated rings.